The zero-order valence-electron chi connectivity index (χ0n) is 18.9. The first-order valence-electron chi connectivity index (χ1n) is 10.3. The summed E-state index contributed by atoms with van der Waals surface area (Å²) in [7, 11) is 4.14. The highest BCUT2D eigenvalue weighted by Crippen LogP contribution is 2.33. The molecule has 0 saturated heterocycles. The molecule has 1 aromatic rings. The van der Waals surface area contributed by atoms with Crippen molar-refractivity contribution in [3.05, 3.63) is 29.3 Å². The van der Waals surface area contributed by atoms with Crippen molar-refractivity contribution in [2.75, 3.05) is 21.3 Å². The van der Waals surface area contributed by atoms with Crippen molar-refractivity contribution < 1.29 is 28.5 Å². The summed E-state index contributed by atoms with van der Waals surface area (Å²) in [6.07, 6.45) is 6.01. The molecule has 0 radical (unpaired) electrons. The highest BCUT2D eigenvalue weighted by molar-refractivity contribution is 5.98. The summed E-state index contributed by atoms with van der Waals surface area (Å²) in [6.45, 7) is 8.00. The van der Waals surface area contributed by atoms with Crippen LogP contribution in [-0.2, 0) is 19.1 Å². The first-order chi connectivity index (χ1) is 14.1. The van der Waals surface area contributed by atoms with Crippen molar-refractivity contribution in [1.29, 1.82) is 0 Å². The predicted octanol–water partition coefficient (Wildman–Crippen LogP) is 5.19. The van der Waals surface area contributed by atoms with Gasteiger partial charge in [0.2, 0.25) is 0 Å². The molecule has 1 aliphatic rings. The van der Waals surface area contributed by atoms with Crippen LogP contribution in [0.1, 0.15) is 65.4 Å². The number of esters is 2. The lowest BCUT2D eigenvalue weighted by Crippen LogP contribution is -2.12. The summed E-state index contributed by atoms with van der Waals surface area (Å²) in [5, 5.41) is 0. The number of methoxy groups -OCH3 is 3. The van der Waals surface area contributed by atoms with Crippen LogP contribution in [0.3, 0.4) is 0 Å². The van der Waals surface area contributed by atoms with Crippen molar-refractivity contribution in [2.45, 2.75) is 65.9 Å². The molecule has 2 rings (SSSR count). The molecule has 0 N–H and O–H groups in total. The minimum atomic E-state index is -0.570. The normalized spacial score (nSPS) is 13.3. The Bertz CT molecular complexity index is 645. The topological polar surface area (TPSA) is 71.1 Å². The molecule has 6 nitrogen and oxygen atoms in total. The fourth-order valence-electron chi connectivity index (χ4n) is 2.80. The average Bonchev–Trinajstić information content (AvgIpc) is 3.28. The summed E-state index contributed by atoms with van der Waals surface area (Å²) in [5.41, 5.74) is 0.935. The van der Waals surface area contributed by atoms with E-state index in [0.29, 0.717) is 11.5 Å². The van der Waals surface area contributed by atoms with Crippen LogP contribution < -0.4 is 9.47 Å². The standard InChI is InChI=1S/C19H24O6.2C2H6/c1-22-16-9-8-13(11-17(16)25-15-6-4-5-7-15)10-14(19(21)24-3)12-18(20)23-2;2*1-2/h8-11,15H,4-7,12H2,1-3H3;2*1-2H3/b14-10+;;. The summed E-state index contributed by atoms with van der Waals surface area (Å²) >= 11 is 0. The van der Waals surface area contributed by atoms with Gasteiger partial charge in [-0.2, -0.15) is 0 Å². The number of rotatable bonds is 7. The number of carbonyl (C=O) groups is 2. The third-order valence-electron chi connectivity index (χ3n) is 4.13. The Morgan fingerprint density at radius 1 is 0.966 bits per heavy atom. The summed E-state index contributed by atoms with van der Waals surface area (Å²) < 4.78 is 20.8. The molecule has 0 aromatic heterocycles. The van der Waals surface area contributed by atoms with Gasteiger partial charge < -0.3 is 18.9 Å². The van der Waals surface area contributed by atoms with E-state index in [9.17, 15) is 9.59 Å². The highest BCUT2D eigenvalue weighted by atomic mass is 16.5. The zero-order valence-corrected chi connectivity index (χ0v) is 18.9. The quantitative estimate of drug-likeness (QED) is 0.457. The van der Waals surface area contributed by atoms with Crippen LogP contribution in [0.15, 0.2) is 23.8 Å². The van der Waals surface area contributed by atoms with Crippen LogP contribution >= 0.6 is 0 Å². The van der Waals surface area contributed by atoms with Gasteiger partial charge in [-0.3, -0.25) is 4.79 Å². The van der Waals surface area contributed by atoms with E-state index in [4.69, 9.17) is 14.2 Å². The van der Waals surface area contributed by atoms with Crippen LogP contribution in [-0.4, -0.2) is 39.4 Å². The molecule has 0 spiro atoms. The summed E-state index contributed by atoms with van der Waals surface area (Å²) in [6, 6.07) is 5.38. The van der Waals surface area contributed by atoms with E-state index in [0.717, 1.165) is 31.2 Å². The first kappa shape index (κ1) is 26.5. The molecule has 6 heteroatoms. The monoisotopic (exact) mass is 408 g/mol. The number of benzene rings is 1. The molecule has 1 saturated carbocycles. The predicted molar refractivity (Wildman–Crippen MR) is 115 cm³/mol. The van der Waals surface area contributed by atoms with E-state index >= 15 is 0 Å². The second-order valence-corrected chi connectivity index (χ2v) is 5.85. The maximum Gasteiger partial charge on any atom is 0.334 e. The Morgan fingerprint density at radius 2 is 1.59 bits per heavy atom. The Kier molecular flexibility index (Phi) is 14.1. The Morgan fingerprint density at radius 3 is 2.10 bits per heavy atom. The van der Waals surface area contributed by atoms with E-state index in [1.807, 2.05) is 27.7 Å². The van der Waals surface area contributed by atoms with Gasteiger partial charge in [0.05, 0.1) is 33.9 Å². The van der Waals surface area contributed by atoms with E-state index in [-0.39, 0.29) is 18.1 Å². The van der Waals surface area contributed by atoms with Crippen LogP contribution in [0.5, 0.6) is 11.5 Å². The van der Waals surface area contributed by atoms with Gasteiger partial charge in [0.15, 0.2) is 11.5 Å². The van der Waals surface area contributed by atoms with Gasteiger partial charge in [-0.05, 0) is 49.5 Å². The van der Waals surface area contributed by atoms with Crippen molar-refractivity contribution in [1.82, 2.24) is 0 Å². The lowest BCUT2D eigenvalue weighted by molar-refractivity contribution is -0.143. The number of hydrogen-bond donors (Lipinski definition) is 0. The molecule has 1 aromatic carbocycles. The Hall–Kier alpha value is -2.50. The average molecular weight is 409 g/mol. The molecular formula is C23H36O6. The van der Waals surface area contributed by atoms with Gasteiger partial charge in [0, 0.05) is 5.57 Å². The highest BCUT2D eigenvalue weighted by Gasteiger charge is 2.19. The van der Waals surface area contributed by atoms with Gasteiger partial charge >= 0.3 is 11.9 Å². The molecule has 0 atom stereocenters. The minimum Gasteiger partial charge on any atom is -0.493 e. The summed E-state index contributed by atoms with van der Waals surface area (Å²) in [4.78, 5) is 23.4. The van der Waals surface area contributed by atoms with Crippen LogP contribution in [0.25, 0.3) is 6.08 Å². The van der Waals surface area contributed by atoms with Crippen molar-refractivity contribution in [2.24, 2.45) is 0 Å². The van der Waals surface area contributed by atoms with Gasteiger partial charge in [0.25, 0.3) is 0 Å². The summed E-state index contributed by atoms with van der Waals surface area (Å²) in [5.74, 6) is 0.189. The van der Waals surface area contributed by atoms with Gasteiger partial charge in [0.1, 0.15) is 0 Å². The van der Waals surface area contributed by atoms with Gasteiger partial charge in [-0.25, -0.2) is 4.79 Å². The fraction of sp³-hybridized carbons (Fsp3) is 0.565. The molecule has 29 heavy (non-hydrogen) atoms. The SMILES string of the molecule is CC.CC.COC(=O)C/C(=C\c1ccc(OC)c(OC2CCCC2)c1)C(=O)OC. The molecule has 0 bridgehead atoms. The third kappa shape index (κ3) is 9.03. The van der Waals surface area contributed by atoms with Crippen molar-refractivity contribution in [3.8, 4) is 11.5 Å². The maximum absolute atomic E-state index is 11.9. The van der Waals surface area contributed by atoms with Crippen LogP contribution in [0.2, 0.25) is 0 Å². The number of ether oxygens (including phenoxy) is 4. The molecule has 0 aliphatic heterocycles. The fourth-order valence-corrected chi connectivity index (χ4v) is 2.80. The van der Waals surface area contributed by atoms with Crippen molar-refractivity contribution >= 4 is 18.0 Å². The second kappa shape index (κ2) is 15.4. The molecule has 0 amide bonds. The Balaban J connectivity index is 0.00000184. The van der Waals surface area contributed by atoms with Gasteiger partial charge in [-0.15, -0.1) is 0 Å². The molecule has 0 heterocycles. The molecule has 164 valence electrons. The zero-order chi connectivity index (χ0) is 22.2. The molecule has 0 unspecified atom stereocenters. The maximum atomic E-state index is 11.9. The largest absolute Gasteiger partial charge is 0.493 e. The van der Waals surface area contributed by atoms with Crippen molar-refractivity contribution in [3.63, 3.8) is 0 Å². The van der Waals surface area contributed by atoms with E-state index in [1.165, 1.54) is 14.2 Å². The lowest BCUT2D eigenvalue weighted by Gasteiger charge is -2.16. The smallest absolute Gasteiger partial charge is 0.334 e. The molecule has 1 fully saturated rings. The van der Waals surface area contributed by atoms with Crippen LogP contribution in [0, 0.1) is 0 Å². The van der Waals surface area contributed by atoms with Crippen LogP contribution in [0.4, 0.5) is 0 Å². The molecular weight excluding hydrogens is 372 g/mol. The Labute approximate surface area is 175 Å². The first-order valence-corrected chi connectivity index (χ1v) is 10.3. The van der Waals surface area contributed by atoms with E-state index < -0.39 is 11.9 Å². The molecule has 1 aliphatic carbocycles. The second-order valence-electron chi connectivity index (χ2n) is 5.85. The number of hydrogen-bond acceptors (Lipinski definition) is 6. The number of carbonyl (C=O) groups excluding carboxylic acids is 2. The minimum absolute atomic E-state index is 0.159. The van der Waals surface area contributed by atoms with Gasteiger partial charge in [-0.1, -0.05) is 33.8 Å². The lowest BCUT2D eigenvalue weighted by atomic mass is 10.1. The van der Waals surface area contributed by atoms with E-state index in [1.54, 1.807) is 31.4 Å². The van der Waals surface area contributed by atoms with E-state index in [2.05, 4.69) is 4.74 Å². The third-order valence-corrected chi connectivity index (χ3v) is 4.13.